The standard InChI is InChI=1S/C9H18N2O2/c1-11-5-3-4-10-8(7-11)6-9(12)13-2/h8,10H,3-7H2,1-2H3. The van der Waals surface area contributed by atoms with Gasteiger partial charge in [0, 0.05) is 12.6 Å². The van der Waals surface area contributed by atoms with Crippen molar-refractivity contribution < 1.29 is 9.53 Å². The van der Waals surface area contributed by atoms with E-state index in [4.69, 9.17) is 0 Å². The Morgan fingerprint density at radius 2 is 2.46 bits per heavy atom. The van der Waals surface area contributed by atoms with Gasteiger partial charge in [0.05, 0.1) is 13.5 Å². The minimum atomic E-state index is -0.132. The summed E-state index contributed by atoms with van der Waals surface area (Å²) in [5, 5.41) is 3.33. The molecule has 1 unspecified atom stereocenters. The third-order valence-corrected chi connectivity index (χ3v) is 2.32. The second kappa shape index (κ2) is 5.19. The Morgan fingerprint density at radius 1 is 1.69 bits per heavy atom. The number of likely N-dealkylation sites (N-methyl/N-ethyl adjacent to an activating group) is 1. The van der Waals surface area contributed by atoms with E-state index >= 15 is 0 Å². The molecular formula is C9H18N2O2. The van der Waals surface area contributed by atoms with Gasteiger partial charge in [-0.25, -0.2) is 0 Å². The minimum absolute atomic E-state index is 0.132. The summed E-state index contributed by atoms with van der Waals surface area (Å²) < 4.78 is 4.63. The van der Waals surface area contributed by atoms with Gasteiger partial charge in [-0.2, -0.15) is 0 Å². The molecule has 13 heavy (non-hydrogen) atoms. The highest BCUT2D eigenvalue weighted by molar-refractivity contribution is 5.69. The van der Waals surface area contributed by atoms with Gasteiger partial charge in [0.2, 0.25) is 0 Å². The van der Waals surface area contributed by atoms with Crippen LogP contribution in [0.4, 0.5) is 0 Å². The van der Waals surface area contributed by atoms with E-state index in [0.717, 1.165) is 26.1 Å². The number of methoxy groups -OCH3 is 1. The number of nitrogens with zero attached hydrogens (tertiary/aromatic N) is 1. The van der Waals surface area contributed by atoms with Crippen LogP contribution in [0.25, 0.3) is 0 Å². The molecule has 76 valence electrons. The van der Waals surface area contributed by atoms with E-state index in [1.54, 1.807) is 0 Å². The topological polar surface area (TPSA) is 41.6 Å². The van der Waals surface area contributed by atoms with E-state index in [2.05, 4.69) is 22.0 Å². The molecule has 0 aliphatic carbocycles. The Kier molecular flexibility index (Phi) is 4.18. The predicted octanol–water partition coefficient (Wildman–Crippen LogP) is -0.157. The highest BCUT2D eigenvalue weighted by atomic mass is 16.5. The Morgan fingerprint density at radius 3 is 3.15 bits per heavy atom. The molecule has 1 fully saturated rings. The monoisotopic (exact) mass is 186 g/mol. The first-order valence-electron chi connectivity index (χ1n) is 4.71. The van der Waals surface area contributed by atoms with Gasteiger partial charge in [0.15, 0.2) is 0 Å². The summed E-state index contributed by atoms with van der Waals surface area (Å²) in [6, 6.07) is 0.250. The van der Waals surface area contributed by atoms with Crippen LogP contribution in [0.3, 0.4) is 0 Å². The van der Waals surface area contributed by atoms with Crippen molar-refractivity contribution in [2.24, 2.45) is 0 Å². The van der Waals surface area contributed by atoms with Gasteiger partial charge in [-0.1, -0.05) is 0 Å². The molecule has 1 rings (SSSR count). The van der Waals surface area contributed by atoms with Gasteiger partial charge in [0.1, 0.15) is 0 Å². The Balaban J connectivity index is 2.34. The first-order valence-corrected chi connectivity index (χ1v) is 4.71. The van der Waals surface area contributed by atoms with Gasteiger partial charge < -0.3 is 15.0 Å². The van der Waals surface area contributed by atoms with Crippen molar-refractivity contribution in [3.8, 4) is 0 Å². The fourth-order valence-corrected chi connectivity index (χ4v) is 1.61. The molecule has 1 atom stereocenters. The van der Waals surface area contributed by atoms with Crippen molar-refractivity contribution in [3.05, 3.63) is 0 Å². The first-order chi connectivity index (χ1) is 6.22. The lowest BCUT2D eigenvalue weighted by atomic mass is 10.2. The van der Waals surface area contributed by atoms with Crippen molar-refractivity contribution >= 4 is 5.97 Å². The van der Waals surface area contributed by atoms with Crippen molar-refractivity contribution in [2.45, 2.75) is 18.9 Å². The molecule has 0 aromatic carbocycles. The zero-order valence-electron chi connectivity index (χ0n) is 8.38. The third kappa shape index (κ3) is 3.74. The maximum absolute atomic E-state index is 11.0. The average molecular weight is 186 g/mol. The van der Waals surface area contributed by atoms with Gasteiger partial charge in [-0.3, -0.25) is 4.79 Å². The van der Waals surface area contributed by atoms with Crippen LogP contribution in [0.5, 0.6) is 0 Å². The molecular weight excluding hydrogens is 168 g/mol. The summed E-state index contributed by atoms with van der Waals surface area (Å²) in [6.07, 6.45) is 1.62. The van der Waals surface area contributed by atoms with E-state index in [0.29, 0.717) is 6.42 Å². The number of rotatable bonds is 2. The van der Waals surface area contributed by atoms with Crippen LogP contribution in [0, 0.1) is 0 Å². The van der Waals surface area contributed by atoms with Crippen LogP contribution in [-0.4, -0.2) is 50.7 Å². The summed E-state index contributed by atoms with van der Waals surface area (Å²) in [5.74, 6) is -0.132. The van der Waals surface area contributed by atoms with Crippen LogP contribution in [0.15, 0.2) is 0 Å². The van der Waals surface area contributed by atoms with Gasteiger partial charge in [0.25, 0.3) is 0 Å². The van der Waals surface area contributed by atoms with Gasteiger partial charge >= 0.3 is 5.97 Å². The molecule has 1 aliphatic heterocycles. The molecule has 1 saturated heterocycles. The van der Waals surface area contributed by atoms with Crippen LogP contribution in [0.1, 0.15) is 12.8 Å². The number of nitrogens with one attached hydrogen (secondary N) is 1. The predicted molar refractivity (Wildman–Crippen MR) is 50.5 cm³/mol. The molecule has 0 saturated carbocycles. The molecule has 1 heterocycles. The van der Waals surface area contributed by atoms with Crippen LogP contribution < -0.4 is 5.32 Å². The van der Waals surface area contributed by atoms with Gasteiger partial charge in [-0.05, 0) is 26.6 Å². The first kappa shape index (κ1) is 10.5. The van der Waals surface area contributed by atoms with E-state index in [9.17, 15) is 4.79 Å². The minimum Gasteiger partial charge on any atom is -0.469 e. The molecule has 0 amide bonds. The Hall–Kier alpha value is -0.610. The molecule has 4 heteroatoms. The fourth-order valence-electron chi connectivity index (χ4n) is 1.61. The van der Waals surface area contributed by atoms with Gasteiger partial charge in [-0.15, -0.1) is 0 Å². The molecule has 1 aliphatic rings. The normalized spacial score (nSPS) is 25.2. The summed E-state index contributed by atoms with van der Waals surface area (Å²) in [7, 11) is 3.51. The van der Waals surface area contributed by atoms with E-state index in [1.807, 2.05) is 0 Å². The van der Waals surface area contributed by atoms with Crippen LogP contribution in [-0.2, 0) is 9.53 Å². The van der Waals surface area contributed by atoms with Crippen molar-refractivity contribution in [1.82, 2.24) is 10.2 Å². The largest absolute Gasteiger partial charge is 0.469 e. The number of hydrogen-bond acceptors (Lipinski definition) is 4. The van der Waals surface area contributed by atoms with Crippen LogP contribution in [0.2, 0.25) is 0 Å². The zero-order valence-corrected chi connectivity index (χ0v) is 8.38. The molecule has 0 aromatic heterocycles. The molecule has 0 radical (unpaired) electrons. The van der Waals surface area contributed by atoms with Crippen molar-refractivity contribution in [3.63, 3.8) is 0 Å². The number of carbonyl (C=O) groups is 1. The fraction of sp³-hybridized carbons (Fsp3) is 0.889. The average Bonchev–Trinajstić information content (AvgIpc) is 2.30. The molecule has 4 nitrogen and oxygen atoms in total. The Labute approximate surface area is 79.2 Å². The number of ether oxygens (including phenoxy) is 1. The van der Waals surface area contributed by atoms with Crippen molar-refractivity contribution in [2.75, 3.05) is 33.8 Å². The second-order valence-corrected chi connectivity index (χ2v) is 3.55. The Bertz CT molecular complexity index is 173. The summed E-state index contributed by atoms with van der Waals surface area (Å²) >= 11 is 0. The van der Waals surface area contributed by atoms with E-state index < -0.39 is 0 Å². The maximum Gasteiger partial charge on any atom is 0.307 e. The zero-order chi connectivity index (χ0) is 9.68. The lowest BCUT2D eigenvalue weighted by molar-refractivity contribution is -0.141. The molecule has 0 aromatic rings. The lowest BCUT2D eigenvalue weighted by Crippen LogP contribution is -2.38. The van der Waals surface area contributed by atoms with Crippen LogP contribution >= 0.6 is 0 Å². The number of carbonyl (C=O) groups excluding carboxylic acids is 1. The molecule has 1 N–H and O–H groups in total. The highest BCUT2D eigenvalue weighted by Gasteiger charge is 2.17. The van der Waals surface area contributed by atoms with Crippen molar-refractivity contribution in [1.29, 1.82) is 0 Å². The number of esters is 1. The summed E-state index contributed by atoms with van der Waals surface area (Å²) in [5.41, 5.74) is 0. The highest BCUT2D eigenvalue weighted by Crippen LogP contribution is 2.02. The molecule has 0 bridgehead atoms. The smallest absolute Gasteiger partial charge is 0.307 e. The second-order valence-electron chi connectivity index (χ2n) is 3.55. The lowest BCUT2D eigenvalue weighted by Gasteiger charge is -2.19. The summed E-state index contributed by atoms with van der Waals surface area (Å²) in [4.78, 5) is 13.3. The maximum atomic E-state index is 11.0. The molecule has 0 spiro atoms. The van der Waals surface area contributed by atoms with E-state index in [1.165, 1.54) is 7.11 Å². The SMILES string of the molecule is COC(=O)CC1CN(C)CCCN1. The number of hydrogen-bond donors (Lipinski definition) is 1. The quantitative estimate of drug-likeness (QED) is 0.609. The van der Waals surface area contributed by atoms with E-state index in [-0.39, 0.29) is 12.0 Å². The summed E-state index contributed by atoms with van der Waals surface area (Å²) in [6.45, 7) is 3.02. The third-order valence-electron chi connectivity index (χ3n) is 2.32.